The summed E-state index contributed by atoms with van der Waals surface area (Å²) in [7, 11) is 4.15. The third-order valence-corrected chi connectivity index (χ3v) is 4.52. The van der Waals surface area contributed by atoms with Gasteiger partial charge in [-0.15, -0.1) is 0 Å². The lowest BCUT2D eigenvalue weighted by atomic mass is 10.2. The van der Waals surface area contributed by atoms with Crippen LogP contribution in [-0.4, -0.2) is 30.1 Å². The summed E-state index contributed by atoms with van der Waals surface area (Å²) in [6.45, 7) is 2.13. The van der Waals surface area contributed by atoms with Crippen LogP contribution in [0.4, 0.5) is 11.6 Å². The van der Waals surface area contributed by atoms with Crippen LogP contribution < -0.4 is 10.2 Å². The molecular formula is C15H24N4. The first-order valence-electron chi connectivity index (χ1n) is 7.50. The Bertz CT molecular complexity index is 461. The van der Waals surface area contributed by atoms with Gasteiger partial charge in [-0.05, 0) is 32.6 Å². The summed E-state index contributed by atoms with van der Waals surface area (Å²) >= 11 is 0. The molecule has 0 amide bonds. The van der Waals surface area contributed by atoms with Gasteiger partial charge in [0.1, 0.15) is 17.5 Å². The SMILES string of the molecule is CNc1nc(C2CC2)nc(N(C)C2CCCC2)c1C. The minimum absolute atomic E-state index is 0.600. The maximum atomic E-state index is 4.86. The Morgan fingerprint density at radius 3 is 2.37 bits per heavy atom. The van der Waals surface area contributed by atoms with Gasteiger partial charge in [0.2, 0.25) is 0 Å². The third-order valence-electron chi connectivity index (χ3n) is 4.52. The maximum Gasteiger partial charge on any atom is 0.137 e. The molecule has 0 spiro atoms. The summed E-state index contributed by atoms with van der Waals surface area (Å²) in [6.07, 6.45) is 7.81. The van der Waals surface area contributed by atoms with E-state index in [2.05, 4.69) is 29.2 Å². The molecule has 2 aliphatic carbocycles. The highest BCUT2D eigenvalue weighted by molar-refractivity contribution is 5.59. The zero-order valence-corrected chi connectivity index (χ0v) is 12.2. The van der Waals surface area contributed by atoms with Crippen molar-refractivity contribution in [2.45, 2.75) is 57.4 Å². The number of nitrogens with one attached hydrogen (secondary N) is 1. The smallest absolute Gasteiger partial charge is 0.137 e. The average molecular weight is 260 g/mol. The van der Waals surface area contributed by atoms with Crippen LogP contribution in [0.25, 0.3) is 0 Å². The van der Waals surface area contributed by atoms with E-state index in [9.17, 15) is 0 Å². The van der Waals surface area contributed by atoms with Gasteiger partial charge in [0.15, 0.2) is 0 Å². The molecule has 0 radical (unpaired) electrons. The highest BCUT2D eigenvalue weighted by Gasteiger charge is 2.30. The van der Waals surface area contributed by atoms with Crippen molar-refractivity contribution < 1.29 is 0 Å². The van der Waals surface area contributed by atoms with Crippen molar-refractivity contribution in [2.24, 2.45) is 0 Å². The summed E-state index contributed by atoms with van der Waals surface area (Å²) < 4.78 is 0. The van der Waals surface area contributed by atoms with Gasteiger partial charge in [0.25, 0.3) is 0 Å². The van der Waals surface area contributed by atoms with Gasteiger partial charge in [-0.3, -0.25) is 0 Å². The van der Waals surface area contributed by atoms with Gasteiger partial charge < -0.3 is 10.2 Å². The largest absolute Gasteiger partial charge is 0.373 e. The summed E-state index contributed by atoms with van der Waals surface area (Å²) in [4.78, 5) is 11.9. The van der Waals surface area contributed by atoms with Crippen molar-refractivity contribution in [3.05, 3.63) is 11.4 Å². The molecule has 1 heterocycles. The highest BCUT2D eigenvalue weighted by Crippen LogP contribution is 2.40. The van der Waals surface area contributed by atoms with Gasteiger partial charge >= 0.3 is 0 Å². The van der Waals surface area contributed by atoms with E-state index in [0.29, 0.717) is 12.0 Å². The molecule has 3 rings (SSSR count). The van der Waals surface area contributed by atoms with E-state index in [0.717, 1.165) is 17.5 Å². The second-order valence-electron chi connectivity index (χ2n) is 5.95. The van der Waals surface area contributed by atoms with E-state index in [-0.39, 0.29) is 0 Å². The van der Waals surface area contributed by atoms with E-state index in [4.69, 9.17) is 4.98 Å². The molecule has 1 aromatic heterocycles. The first-order valence-corrected chi connectivity index (χ1v) is 7.50. The Hall–Kier alpha value is -1.32. The van der Waals surface area contributed by atoms with E-state index < -0.39 is 0 Å². The standard InChI is InChI=1S/C15H24N4/c1-10-13(16-2)17-14(11-8-9-11)18-15(10)19(3)12-6-4-5-7-12/h11-12H,4-9H2,1-3H3,(H,16,17,18). The molecule has 19 heavy (non-hydrogen) atoms. The molecule has 0 bridgehead atoms. The molecule has 1 aromatic rings. The number of anilines is 2. The van der Waals surface area contributed by atoms with Crippen LogP contribution in [0.5, 0.6) is 0 Å². The number of nitrogens with zero attached hydrogens (tertiary/aromatic N) is 3. The number of rotatable bonds is 4. The normalized spacial score (nSPS) is 19.7. The zero-order valence-electron chi connectivity index (χ0n) is 12.2. The van der Waals surface area contributed by atoms with Crippen molar-refractivity contribution in [1.29, 1.82) is 0 Å². The molecule has 0 aliphatic heterocycles. The molecule has 0 atom stereocenters. The summed E-state index contributed by atoms with van der Waals surface area (Å²) in [5.41, 5.74) is 1.18. The van der Waals surface area contributed by atoms with E-state index in [1.165, 1.54) is 44.1 Å². The lowest BCUT2D eigenvalue weighted by Gasteiger charge is -2.28. The van der Waals surface area contributed by atoms with E-state index in [1.54, 1.807) is 0 Å². The fraction of sp³-hybridized carbons (Fsp3) is 0.733. The quantitative estimate of drug-likeness (QED) is 0.903. The Balaban J connectivity index is 1.95. The molecule has 4 heteroatoms. The fourth-order valence-electron chi connectivity index (χ4n) is 3.10. The van der Waals surface area contributed by atoms with Crippen LogP contribution in [0.3, 0.4) is 0 Å². The molecule has 104 valence electrons. The molecule has 2 aliphatic rings. The Labute approximate surface area is 115 Å². The van der Waals surface area contributed by atoms with Crippen LogP contribution in [0.1, 0.15) is 55.8 Å². The van der Waals surface area contributed by atoms with E-state index >= 15 is 0 Å². The third kappa shape index (κ3) is 2.40. The Kier molecular flexibility index (Phi) is 3.33. The van der Waals surface area contributed by atoms with Crippen molar-refractivity contribution in [3.63, 3.8) is 0 Å². The Morgan fingerprint density at radius 1 is 1.11 bits per heavy atom. The average Bonchev–Trinajstić information content (AvgIpc) is 3.13. The van der Waals surface area contributed by atoms with Crippen LogP contribution in [0.15, 0.2) is 0 Å². The molecule has 4 nitrogen and oxygen atoms in total. The Morgan fingerprint density at radius 2 is 1.79 bits per heavy atom. The summed E-state index contributed by atoms with van der Waals surface area (Å²) in [5.74, 6) is 3.77. The van der Waals surface area contributed by atoms with Gasteiger partial charge in [0.05, 0.1) is 0 Å². The predicted octanol–water partition coefficient (Wildman–Crippen LogP) is 3.08. The molecule has 2 saturated carbocycles. The van der Waals surface area contributed by atoms with Gasteiger partial charge in [-0.2, -0.15) is 0 Å². The number of aromatic nitrogens is 2. The molecule has 0 aromatic carbocycles. The van der Waals surface area contributed by atoms with Gasteiger partial charge in [-0.1, -0.05) is 12.8 Å². The van der Waals surface area contributed by atoms with Crippen molar-refractivity contribution in [3.8, 4) is 0 Å². The molecule has 0 unspecified atom stereocenters. The fourth-order valence-corrected chi connectivity index (χ4v) is 3.10. The van der Waals surface area contributed by atoms with Gasteiger partial charge in [0, 0.05) is 31.6 Å². The topological polar surface area (TPSA) is 41.1 Å². The second-order valence-corrected chi connectivity index (χ2v) is 5.95. The van der Waals surface area contributed by atoms with Crippen molar-refractivity contribution in [2.75, 3.05) is 24.3 Å². The molecule has 2 fully saturated rings. The lowest BCUT2D eigenvalue weighted by molar-refractivity contribution is 0.641. The first-order chi connectivity index (χ1) is 9.20. The number of hydrogen-bond donors (Lipinski definition) is 1. The maximum absolute atomic E-state index is 4.86. The van der Waals surface area contributed by atoms with Crippen LogP contribution in [0, 0.1) is 6.92 Å². The second kappa shape index (κ2) is 4.99. The molecule has 0 saturated heterocycles. The molecular weight excluding hydrogens is 236 g/mol. The minimum Gasteiger partial charge on any atom is -0.373 e. The lowest BCUT2D eigenvalue weighted by Crippen LogP contribution is -2.31. The zero-order chi connectivity index (χ0) is 13.4. The summed E-state index contributed by atoms with van der Waals surface area (Å²) in [6, 6.07) is 0.658. The van der Waals surface area contributed by atoms with Crippen LogP contribution >= 0.6 is 0 Å². The number of hydrogen-bond acceptors (Lipinski definition) is 4. The van der Waals surface area contributed by atoms with E-state index in [1.807, 2.05) is 7.05 Å². The highest BCUT2D eigenvalue weighted by atomic mass is 15.2. The van der Waals surface area contributed by atoms with Crippen LogP contribution in [-0.2, 0) is 0 Å². The minimum atomic E-state index is 0.600. The monoisotopic (exact) mass is 260 g/mol. The van der Waals surface area contributed by atoms with Crippen LogP contribution in [0.2, 0.25) is 0 Å². The van der Waals surface area contributed by atoms with Gasteiger partial charge in [-0.25, -0.2) is 9.97 Å². The van der Waals surface area contributed by atoms with Crippen molar-refractivity contribution in [1.82, 2.24) is 9.97 Å². The molecule has 1 N–H and O–H groups in total. The predicted molar refractivity (Wildman–Crippen MR) is 78.9 cm³/mol. The van der Waals surface area contributed by atoms with Crippen molar-refractivity contribution >= 4 is 11.6 Å². The first kappa shape index (κ1) is 12.7. The summed E-state index contributed by atoms with van der Waals surface area (Å²) in [5, 5.41) is 3.23.